The highest BCUT2D eigenvalue weighted by molar-refractivity contribution is 5.84. The molecule has 2 aromatic carbocycles. The van der Waals surface area contributed by atoms with Crippen molar-refractivity contribution in [2.45, 2.75) is 32.1 Å². The van der Waals surface area contributed by atoms with Crippen molar-refractivity contribution in [1.82, 2.24) is 10.9 Å². The zero-order chi connectivity index (χ0) is 24.1. The number of carbonyl (C=O) groups excluding carboxylic acids is 2. The molecule has 0 spiro atoms. The number of phenolic OH excluding ortho intramolecular Hbond substituents is 2. The Hall–Kier alpha value is -4.08. The van der Waals surface area contributed by atoms with E-state index in [1.807, 2.05) is 0 Å². The summed E-state index contributed by atoms with van der Waals surface area (Å²) in [5.74, 6) is 0.218. The molecule has 4 N–H and O–H groups in total. The molecule has 176 valence electrons. The molecule has 0 aliphatic heterocycles. The number of benzene rings is 2. The van der Waals surface area contributed by atoms with Crippen molar-refractivity contribution < 1.29 is 29.3 Å². The van der Waals surface area contributed by atoms with Gasteiger partial charge in [-0.1, -0.05) is 6.42 Å². The van der Waals surface area contributed by atoms with E-state index in [-0.39, 0.29) is 36.2 Å². The minimum Gasteiger partial charge on any atom is -0.504 e. The number of methoxy groups -OCH3 is 2. The highest BCUT2D eigenvalue weighted by Gasteiger charge is 2.04. The number of phenols is 2. The van der Waals surface area contributed by atoms with Gasteiger partial charge in [0.05, 0.1) is 26.6 Å². The van der Waals surface area contributed by atoms with E-state index in [0.717, 1.165) is 0 Å². The number of ether oxygens (including phenoxy) is 2. The van der Waals surface area contributed by atoms with Crippen LogP contribution in [0.25, 0.3) is 0 Å². The van der Waals surface area contributed by atoms with Gasteiger partial charge in [0.1, 0.15) is 0 Å². The van der Waals surface area contributed by atoms with Crippen LogP contribution in [0.5, 0.6) is 23.0 Å². The smallest absolute Gasteiger partial charge is 0.240 e. The first kappa shape index (κ1) is 25.2. The van der Waals surface area contributed by atoms with E-state index < -0.39 is 0 Å². The van der Waals surface area contributed by atoms with Crippen molar-refractivity contribution in [3.63, 3.8) is 0 Å². The third-order valence-corrected chi connectivity index (χ3v) is 4.52. The molecule has 2 amide bonds. The third-order valence-electron chi connectivity index (χ3n) is 4.52. The molecule has 0 radical (unpaired) electrons. The van der Waals surface area contributed by atoms with E-state index >= 15 is 0 Å². The zero-order valence-electron chi connectivity index (χ0n) is 18.6. The lowest BCUT2D eigenvalue weighted by atomic mass is 10.1. The summed E-state index contributed by atoms with van der Waals surface area (Å²) in [6.45, 7) is 0. The predicted octanol–water partition coefficient (Wildman–Crippen LogP) is 2.67. The van der Waals surface area contributed by atoms with E-state index in [1.165, 1.54) is 38.8 Å². The van der Waals surface area contributed by atoms with E-state index in [0.29, 0.717) is 41.9 Å². The second-order valence-electron chi connectivity index (χ2n) is 7.01. The van der Waals surface area contributed by atoms with Crippen LogP contribution in [0.15, 0.2) is 46.6 Å². The lowest BCUT2D eigenvalue weighted by Crippen LogP contribution is -2.18. The SMILES string of the molecule is COc1ccc(C=NNC(=O)CCCCCC(=O)NN=Cc2ccc(OC)c(O)c2)cc1O. The van der Waals surface area contributed by atoms with E-state index in [2.05, 4.69) is 21.1 Å². The van der Waals surface area contributed by atoms with Gasteiger partial charge in [-0.15, -0.1) is 0 Å². The molecule has 0 heterocycles. The summed E-state index contributed by atoms with van der Waals surface area (Å²) >= 11 is 0. The van der Waals surface area contributed by atoms with Crippen LogP contribution in [0, 0.1) is 0 Å². The number of rotatable bonds is 12. The lowest BCUT2D eigenvalue weighted by molar-refractivity contribution is -0.121. The Morgan fingerprint density at radius 2 is 1.21 bits per heavy atom. The summed E-state index contributed by atoms with van der Waals surface area (Å²) in [4.78, 5) is 23.6. The van der Waals surface area contributed by atoms with Crippen LogP contribution in [0.2, 0.25) is 0 Å². The Balaban J connectivity index is 1.59. The molecule has 10 nitrogen and oxygen atoms in total. The number of nitrogens with zero attached hydrogens (tertiary/aromatic N) is 2. The van der Waals surface area contributed by atoms with Crippen molar-refractivity contribution in [1.29, 1.82) is 0 Å². The number of aromatic hydroxyl groups is 2. The first-order valence-electron chi connectivity index (χ1n) is 10.3. The number of nitrogens with one attached hydrogen (secondary N) is 2. The fourth-order valence-electron chi connectivity index (χ4n) is 2.79. The van der Waals surface area contributed by atoms with Gasteiger partial charge < -0.3 is 19.7 Å². The van der Waals surface area contributed by atoms with E-state index in [1.54, 1.807) is 24.3 Å². The molecule has 10 heteroatoms. The van der Waals surface area contributed by atoms with Crippen molar-refractivity contribution in [3.05, 3.63) is 47.5 Å². The second-order valence-corrected chi connectivity index (χ2v) is 7.01. The number of hydrogen-bond donors (Lipinski definition) is 4. The summed E-state index contributed by atoms with van der Waals surface area (Å²) in [5, 5.41) is 27.1. The van der Waals surface area contributed by atoms with Gasteiger partial charge in [0, 0.05) is 12.8 Å². The van der Waals surface area contributed by atoms with Gasteiger partial charge in [-0.05, 0) is 60.4 Å². The topological polar surface area (TPSA) is 142 Å². The van der Waals surface area contributed by atoms with Crippen molar-refractivity contribution in [2.24, 2.45) is 10.2 Å². The predicted molar refractivity (Wildman–Crippen MR) is 124 cm³/mol. The molecule has 0 saturated carbocycles. The van der Waals surface area contributed by atoms with Crippen LogP contribution in [-0.2, 0) is 9.59 Å². The quantitative estimate of drug-likeness (QED) is 0.220. The van der Waals surface area contributed by atoms with E-state index in [4.69, 9.17) is 9.47 Å². The minimum absolute atomic E-state index is 0.0115. The van der Waals surface area contributed by atoms with Gasteiger partial charge in [0.25, 0.3) is 0 Å². The Morgan fingerprint density at radius 1 is 0.788 bits per heavy atom. The number of carbonyl (C=O) groups is 2. The van der Waals surface area contributed by atoms with Gasteiger partial charge >= 0.3 is 0 Å². The molecule has 0 aromatic heterocycles. The molecule has 2 aromatic rings. The van der Waals surface area contributed by atoms with Crippen LogP contribution >= 0.6 is 0 Å². The zero-order valence-corrected chi connectivity index (χ0v) is 18.6. The molecule has 0 fully saturated rings. The molecule has 2 rings (SSSR count). The number of amides is 2. The average Bonchev–Trinajstić information content (AvgIpc) is 2.79. The molecule has 0 bridgehead atoms. The van der Waals surface area contributed by atoms with Crippen molar-refractivity contribution in [3.8, 4) is 23.0 Å². The van der Waals surface area contributed by atoms with Crippen LogP contribution in [0.4, 0.5) is 0 Å². The maximum atomic E-state index is 11.8. The third kappa shape index (κ3) is 8.90. The fourth-order valence-corrected chi connectivity index (χ4v) is 2.79. The summed E-state index contributed by atoms with van der Waals surface area (Å²) in [6.07, 6.45) is 5.36. The lowest BCUT2D eigenvalue weighted by Gasteiger charge is -2.04. The Morgan fingerprint density at radius 3 is 1.58 bits per heavy atom. The molecule has 0 aliphatic carbocycles. The van der Waals surface area contributed by atoms with Gasteiger partial charge in [-0.3, -0.25) is 9.59 Å². The van der Waals surface area contributed by atoms with Gasteiger partial charge in [-0.25, -0.2) is 10.9 Å². The average molecular weight is 456 g/mol. The Bertz CT molecular complexity index is 927. The molecular weight excluding hydrogens is 428 g/mol. The maximum absolute atomic E-state index is 11.8. The number of hydrazone groups is 2. The molecule has 0 aliphatic rings. The summed E-state index contributed by atoms with van der Waals surface area (Å²) < 4.78 is 9.92. The highest BCUT2D eigenvalue weighted by atomic mass is 16.5. The molecule has 0 unspecified atom stereocenters. The van der Waals surface area contributed by atoms with Crippen LogP contribution in [0.1, 0.15) is 43.2 Å². The fraction of sp³-hybridized carbons (Fsp3) is 0.304. The van der Waals surface area contributed by atoms with Crippen LogP contribution in [0.3, 0.4) is 0 Å². The van der Waals surface area contributed by atoms with Crippen molar-refractivity contribution in [2.75, 3.05) is 14.2 Å². The summed E-state index contributed by atoms with van der Waals surface area (Å²) in [5.41, 5.74) is 6.09. The number of unbranched alkanes of at least 4 members (excludes halogenated alkanes) is 2. The van der Waals surface area contributed by atoms with Crippen molar-refractivity contribution >= 4 is 24.2 Å². The summed E-state index contributed by atoms with van der Waals surface area (Å²) in [6, 6.07) is 9.55. The van der Waals surface area contributed by atoms with E-state index in [9.17, 15) is 19.8 Å². The molecule has 33 heavy (non-hydrogen) atoms. The first-order chi connectivity index (χ1) is 15.9. The van der Waals surface area contributed by atoms with Crippen LogP contribution < -0.4 is 20.3 Å². The monoisotopic (exact) mass is 456 g/mol. The maximum Gasteiger partial charge on any atom is 0.240 e. The second kappa shape index (κ2) is 13.4. The van der Waals surface area contributed by atoms with Gasteiger partial charge in [-0.2, -0.15) is 10.2 Å². The molecular formula is C23H28N4O6. The molecule has 0 atom stereocenters. The normalized spacial score (nSPS) is 11.0. The van der Waals surface area contributed by atoms with Crippen LogP contribution in [-0.4, -0.2) is 48.7 Å². The van der Waals surface area contributed by atoms with Gasteiger partial charge in [0.2, 0.25) is 11.8 Å². The Kier molecular flexibility index (Phi) is 10.2. The minimum atomic E-state index is -0.235. The standard InChI is InChI=1S/C23H28N4O6/c1-32-20-10-8-16(12-18(20)28)14-24-26-22(30)6-4-3-5-7-23(31)27-25-15-17-9-11-21(33-2)19(29)13-17/h8-15,28-29H,3-7H2,1-2H3,(H,26,30)(H,27,31). The highest BCUT2D eigenvalue weighted by Crippen LogP contribution is 2.26. The Labute approximate surface area is 191 Å². The first-order valence-corrected chi connectivity index (χ1v) is 10.3. The summed E-state index contributed by atoms with van der Waals surface area (Å²) in [7, 11) is 2.92. The number of hydrogen-bond acceptors (Lipinski definition) is 8. The van der Waals surface area contributed by atoms with Gasteiger partial charge in [0.15, 0.2) is 23.0 Å². The molecule has 0 saturated heterocycles. The largest absolute Gasteiger partial charge is 0.504 e.